The largest absolute Gasteiger partial charge is 0.479 e. The molecule has 1 atom stereocenters. The van der Waals surface area contributed by atoms with E-state index in [1.807, 2.05) is 0 Å². The van der Waals surface area contributed by atoms with Crippen molar-refractivity contribution in [2.75, 3.05) is 6.54 Å². The van der Waals surface area contributed by atoms with Crippen LogP contribution in [0, 0.1) is 5.82 Å². The average molecular weight is 370 g/mol. The normalized spacial score (nSPS) is 11.8. The lowest BCUT2D eigenvalue weighted by Crippen LogP contribution is -2.37. The highest BCUT2D eigenvalue weighted by Gasteiger charge is 2.15. The van der Waals surface area contributed by atoms with E-state index in [0.29, 0.717) is 22.3 Å². The molecule has 2 aromatic carbocycles. The van der Waals surface area contributed by atoms with Gasteiger partial charge in [0.15, 0.2) is 6.10 Å². The molecule has 0 aromatic heterocycles. The molecule has 0 aliphatic carbocycles. The zero-order chi connectivity index (χ0) is 17.5. The van der Waals surface area contributed by atoms with E-state index in [4.69, 9.17) is 27.9 Å². The smallest absolute Gasteiger partial charge is 0.260 e. The lowest BCUT2D eigenvalue weighted by Gasteiger charge is -2.15. The van der Waals surface area contributed by atoms with Crippen LogP contribution in [0.2, 0.25) is 10.0 Å². The summed E-state index contributed by atoms with van der Waals surface area (Å²) in [6.45, 7) is 2.17. The maximum Gasteiger partial charge on any atom is 0.260 e. The first-order valence-electron chi connectivity index (χ1n) is 7.59. The molecule has 1 unspecified atom stereocenters. The molecule has 0 saturated carbocycles. The number of carbonyl (C=O) groups excluding carboxylic acids is 1. The van der Waals surface area contributed by atoms with Crippen molar-refractivity contribution in [3.05, 3.63) is 63.9 Å². The minimum Gasteiger partial charge on any atom is -0.479 e. The Morgan fingerprint density at radius 1 is 1.21 bits per heavy atom. The topological polar surface area (TPSA) is 38.3 Å². The fourth-order valence-electron chi connectivity index (χ4n) is 2.11. The summed E-state index contributed by atoms with van der Waals surface area (Å²) < 4.78 is 18.4. The highest BCUT2D eigenvalue weighted by atomic mass is 35.5. The molecule has 0 saturated heterocycles. The quantitative estimate of drug-likeness (QED) is 0.721. The van der Waals surface area contributed by atoms with Gasteiger partial charge < -0.3 is 10.1 Å². The average Bonchev–Trinajstić information content (AvgIpc) is 2.55. The predicted molar refractivity (Wildman–Crippen MR) is 94.3 cm³/mol. The predicted octanol–water partition coefficient (Wildman–Crippen LogP) is 4.65. The monoisotopic (exact) mass is 369 g/mol. The molecule has 2 rings (SSSR count). The number of ether oxygens (including phenoxy) is 1. The van der Waals surface area contributed by atoms with Gasteiger partial charge in [-0.25, -0.2) is 4.39 Å². The van der Waals surface area contributed by atoms with Crippen molar-refractivity contribution < 1.29 is 13.9 Å². The van der Waals surface area contributed by atoms with Crippen LogP contribution < -0.4 is 10.1 Å². The van der Waals surface area contributed by atoms with Crippen LogP contribution in [0.5, 0.6) is 5.75 Å². The first kappa shape index (κ1) is 18.6. The summed E-state index contributed by atoms with van der Waals surface area (Å²) in [6.07, 6.45) is 0.847. The number of aryl methyl sites for hydroxylation is 1. The van der Waals surface area contributed by atoms with Crippen LogP contribution in [0.4, 0.5) is 4.39 Å². The molecule has 0 aliphatic heterocycles. The number of amides is 1. The minimum absolute atomic E-state index is 0.222. The number of carbonyl (C=O) groups is 1. The molecule has 0 heterocycles. The summed E-state index contributed by atoms with van der Waals surface area (Å²) in [6, 6.07) is 11.2. The van der Waals surface area contributed by atoms with Gasteiger partial charge in [-0.2, -0.15) is 0 Å². The van der Waals surface area contributed by atoms with E-state index in [9.17, 15) is 9.18 Å². The third kappa shape index (κ3) is 5.69. The maximum absolute atomic E-state index is 12.8. The summed E-state index contributed by atoms with van der Waals surface area (Å²) >= 11 is 11.8. The molecule has 0 bridgehead atoms. The van der Waals surface area contributed by atoms with Gasteiger partial charge >= 0.3 is 0 Å². The number of nitrogens with one attached hydrogen (secondary N) is 1. The highest BCUT2D eigenvalue weighted by Crippen LogP contribution is 2.28. The van der Waals surface area contributed by atoms with Crippen molar-refractivity contribution in [1.82, 2.24) is 5.32 Å². The van der Waals surface area contributed by atoms with Crippen molar-refractivity contribution in [1.29, 1.82) is 0 Å². The Morgan fingerprint density at radius 3 is 2.58 bits per heavy atom. The zero-order valence-electron chi connectivity index (χ0n) is 13.2. The third-order valence-electron chi connectivity index (χ3n) is 3.42. The minimum atomic E-state index is -0.672. The lowest BCUT2D eigenvalue weighted by atomic mass is 10.1. The van der Waals surface area contributed by atoms with Crippen molar-refractivity contribution >= 4 is 29.1 Å². The molecule has 24 heavy (non-hydrogen) atoms. The number of halogens is 3. The molecular formula is C18H18Cl2FNO2. The second-order valence-electron chi connectivity index (χ2n) is 5.36. The van der Waals surface area contributed by atoms with Crippen molar-refractivity contribution in [2.24, 2.45) is 0 Å². The van der Waals surface area contributed by atoms with E-state index >= 15 is 0 Å². The van der Waals surface area contributed by atoms with Crippen molar-refractivity contribution in [3.63, 3.8) is 0 Å². The van der Waals surface area contributed by atoms with Gasteiger partial charge in [-0.15, -0.1) is 0 Å². The number of rotatable bonds is 7. The fourth-order valence-corrected chi connectivity index (χ4v) is 2.57. The van der Waals surface area contributed by atoms with Gasteiger partial charge in [0, 0.05) is 11.6 Å². The summed E-state index contributed by atoms with van der Waals surface area (Å²) in [5.74, 6) is -0.0611. The molecule has 128 valence electrons. The van der Waals surface area contributed by atoms with Crippen molar-refractivity contribution in [2.45, 2.75) is 25.9 Å². The Balaban J connectivity index is 1.74. The van der Waals surface area contributed by atoms with E-state index in [1.165, 1.54) is 12.1 Å². The molecule has 1 amide bonds. The van der Waals surface area contributed by atoms with Crippen LogP contribution in [-0.4, -0.2) is 18.6 Å². The highest BCUT2D eigenvalue weighted by molar-refractivity contribution is 6.35. The van der Waals surface area contributed by atoms with Gasteiger partial charge in [0.25, 0.3) is 5.91 Å². The number of benzene rings is 2. The SMILES string of the molecule is CC(Oc1ccc(Cl)cc1Cl)C(=O)NCCCc1ccc(F)cc1. The molecule has 2 aromatic rings. The van der Waals surface area contributed by atoms with Gasteiger partial charge in [-0.05, 0) is 55.7 Å². The van der Waals surface area contributed by atoms with E-state index < -0.39 is 6.10 Å². The Labute approximate surface area is 150 Å². The van der Waals surface area contributed by atoms with Gasteiger partial charge in [-0.3, -0.25) is 4.79 Å². The van der Waals surface area contributed by atoms with Crippen LogP contribution >= 0.6 is 23.2 Å². The second-order valence-corrected chi connectivity index (χ2v) is 6.20. The van der Waals surface area contributed by atoms with E-state index in [1.54, 1.807) is 37.3 Å². The maximum atomic E-state index is 12.8. The van der Waals surface area contributed by atoms with Crippen LogP contribution in [-0.2, 0) is 11.2 Å². The molecule has 0 radical (unpaired) electrons. The Morgan fingerprint density at radius 2 is 1.92 bits per heavy atom. The third-order valence-corrected chi connectivity index (χ3v) is 3.95. The first-order valence-corrected chi connectivity index (χ1v) is 8.35. The summed E-state index contributed by atoms with van der Waals surface area (Å²) in [4.78, 5) is 12.0. The Kier molecular flexibility index (Phi) is 6.88. The zero-order valence-corrected chi connectivity index (χ0v) is 14.7. The standard InChI is InChI=1S/C18H18Cl2FNO2/c1-12(24-17-9-6-14(19)11-16(17)20)18(23)22-10-2-3-13-4-7-15(21)8-5-13/h4-9,11-12H,2-3,10H2,1H3,(H,22,23). The molecular weight excluding hydrogens is 352 g/mol. The van der Waals surface area contributed by atoms with Gasteiger partial charge in [0.05, 0.1) is 5.02 Å². The number of hydrogen-bond acceptors (Lipinski definition) is 2. The molecule has 0 fully saturated rings. The van der Waals surface area contributed by atoms with E-state index in [0.717, 1.165) is 18.4 Å². The molecule has 0 aliphatic rings. The second kappa shape index (κ2) is 8.90. The number of hydrogen-bond donors (Lipinski definition) is 1. The lowest BCUT2D eigenvalue weighted by molar-refractivity contribution is -0.127. The summed E-state index contributed by atoms with van der Waals surface area (Å²) in [5.41, 5.74) is 1.03. The van der Waals surface area contributed by atoms with E-state index in [-0.39, 0.29) is 11.7 Å². The van der Waals surface area contributed by atoms with Crippen LogP contribution in [0.25, 0.3) is 0 Å². The van der Waals surface area contributed by atoms with Crippen LogP contribution in [0.1, 0.15) is 18.9 Å². The molecule has 0 spiro atoms. The Hall–Kier alpha value is -1.78. The van der Waals surface area contributed by atoms with Crippen molar-refractivity contribution in [3.8, 4) is 5.75 Å². The van der Waals surface area contributed by atoms with E-state index in [2.05, 4.69) is 5.32 Å². The Bertz CT molecular complexity index is 692. The van der Waals surface area contributed by atoms with Gasteiger partial charge in [0.2, 0.25) is 0 Å². The fraction of sp³-hybridized carbons (Fsp3) is 0.278. The van der Waals surface area contributed by atoms with Gasteiger partial charge in [0.1, 0.15) is 11.6 Å². The molecule has 3 nitrogen and oxygen atoms in total. The molecule has 6 heteroatoms. The van der Waals surface area contributed by atoms with Crippen LogP contribution in [0.15, 0.2) is 42.5 Å². The summed E-state index contributed by atoms with van der Waals surface area (Å²) in [7, 11) is 0. The molecule has 1 N–H and O–H groups in total. The summed E-state index contributed by atoms with van der Waals surface area (Å²) in [5, 5.41) is 3.67. The van der Waals surface area contributed by atoms with Gasteiger partial charge in [-0.1, -0.05) is 35.3 Å². The first-order chi connectivity index (χ1) is 11.5. The van der Waals surface area contributed by atoms with Crippen LogP contribution in [0.3, 0.4) is 0 Å².